The molecule has 1 unspecified atom stereocenters. The molecule has 7 heteroatoms. The molecule has 0 saturated heterocycles. The molecule has 3 aromatic rings. The number of amides is 1. The zero-order chi connectivity index (χ0) is 20.1. The second-order valence-electron chi connectivity index (χ2n) is 6.44. The van der Waals surface area contributed by atoms with Crippen molar-refractivity contribution in [1.29, 1.82) is 0 Å². The number of carbonyl (C=O) groups is 1. The summed E-state index contributed by atoms with van der Waals surface area (Å²) in [4.78, 5) is 12.8. The lowest BCUT2D eigenvalue weighted by Gasteiger charge is -2.15. The molecular weight excluding hydrogens is 374 g/mol. The number of carbonyl (C=O) groups excluding carboxylic acids is 1. The van der Waals surface area contributed by atoms with E-state index < -0.39 is 16.1 Å². The first kappa shape index (κ1) is 20.0. The molecule has 0 aliphatic heterocycles. The van der Waals surface area contributed by atoms with Gasteiger partial charge in [0.25, 0.3) is 0 Å². The van der Waals surface area contributed by atoms with Crippen molar-refractivity contribution in [3.8, 4) is 0 Å². The highest BCUT2D eigenvalue weighted by Gasteiger charge is 2.19. The molecule has 0 radical (unpaired) electrons. The Morgan fingerprint density at radius 1 is 0.964 bits per heavy atom. The van der Waals surface area contributed by atoms with Crippen molar-refractivity contribution >= 4 is 32.4 Å². The Morgan fingerprint density at radius 2 is 1.64 bits per heavy atom. The van der Waals surface area contributed by atoms with Crippen molar-refractivity contribution in [3.05, 3.63) is 72.3 Å². The Morgan fingerprint density at radius 3 is 2.36 bits per heavy atom. The Labute approximate surface area is 164 Å². The van der Waals surface area contributed by atoms with E-state index in [1.165, 1.54) is 0 Å². The van der Waals surface area contributed by atoms with E-state index in [0.29, 0.717) is 29.4 Å². The molecule has 28 heavy (non-hydrogen) atoms. The minimum atomic E-state index is -3.63. The van der Waals surface area contributed by atoms with Gasteiger partial charge in [-0.3, -0.25) is 4.79 Å². The number of rotatable bonds is 7. The van der Waals surface area contributed by atoms with Gasteiger partial charge in [-0.25, -0.2) is 13.1 Å². The minimum absolute atomic E-state index is 0.177. The van der Waals surface area contributed by atoms with Gasteiger partial charge in [-0.2, -0.15) is 0 Å². The molecule has 0 aliphatic rings. The third kappa shape index (κ3) is 4.39. The van der Waals surface area contributed by atoms with E-state index in [4.69, 9.17) is 5.73 Å². The number of hydrogen-bond donors (Lipinski definition) is 3. The average molecular weight is 398 g/mol. The Balaban J connectivity index is 1.89. The predicted octanol–water partition coefficient (Wildman–Crippen LogP) is 2.65. The maximum absolute atomic E-state index is 12.6. The van der Waals surface area contributed by atoms with Crippen LogP contribution in [0.4, 0.5) is 5.69 Å². The van der Waals surface area contributed by atoms with E-state index in [1.807, 2.05) is 30.3 Å². The summed E-state index contributed by atoms with van der Waals surface area (Å²) < 4.78 is 27.4. The molecule has 3 aromatic carbocycles. The normalized spacial score (nSPS) is 12.6. The largest absolute Gasteiger partial charge is 0.324 e. The zero-order valence-corrected chi connectivity index (χ0v) is 16.4. The van der Waals surface area contributed by atoms with E-state index in [1.54, 1.807) is 43.3 Å². The van der Waals surface area contributed by atoms with Gasteiger partial charge in [0.05, 0.1) is 10.9 Å². The summed E-state index contributed by atoms with van der Waals surface area (Å²) >= 11 is 0. The maximum Gasteiger partial charge on any atom is 0.241 e. The lowest BCUT2D eigenvalue weighted by Crippen LogP contribution is -2.37. The van der Waals surface area contributed by atoms with E-state index in [0.717, 1.165) is 5.56 Å². The SMILES string of the molecule is CCNS(=O)(=O)c1cccc2c(NC(=O)C(N)Cc3ccccc3)cccc12. The molecule has 4 N–H and O–H groups in total. The van der Waals surface area contributed by atoms with Gasteiger partial charge in [0.1, 0.15) is 0 Å². The molecule has 146 valence electrons. The van der Waals surface area contributed by atoms with Crippen LogP contribution in [-0.4, -0.2) is 26.9 Å². The van der Waals surface area contributed by atoms with E-state index in [2.05, 4.69) is 10.0 Å². The summed E-state index contributed by atoms with van der Waals surface area (Å²) in [5, 5.41) is 4.02. The van der Waals surface area contributed by atoms with Gasteiger partial charge >= 0.3 is 0 Å². The fourth-order valence-electron chi connectivity index (χ4n) is 3.08. The number of fused-ring (bicyclic) bond motifs is 1. The van der Waals surface area contributed by atoms with Gasteiger partial charge in [-0.05, 0) is 24.1 Å². The van der Waals surface area contributed by atoms with Gasteiger partial charge in [0.2, 0.25) is 15.9 Å². The first-order chi connectivity index (χ1) is 13.4. The molecule has 6 nitrogen and oxygen atoms in total. The molecule has 1 atom stereocenters. The van der Waals surface area contributed by atoms with Gasteiger partial charge in [-0.1, -0.05) is 61.5 Å². The molecule has 0 spiro atoms. The molecule has 0 aliphatic carbocycles. The molecule has 3 rings (SSSR count). The van der Waals surface area contributed by atoms with Gasteiger partial charge in [0.15, 0.2) is 0 Å². The highest BCUT2D eigenvalue weighted by atomic mass is 32.2. The highest BCUT2D eigenvalue weighted by Crippen LogP contribution is 2.28. The summed E-state index contributed by atoms with van der Waals surface area (Å²) in [5.41, 5.74) is 7.56. The van der Waals surface area contributed by atoms with Crippen LogP contribution in [0.5, 0.6) is 0 Å². The van der Waals surface area contributed by atoms with Crippen LogP contribution in [0.2, 0.25) is 0 Å². The van der Waals surface area contributed by atoms with Crippen LogP contribution in [0.15, 0.2) is 71.6 Å². The third-order valence-corrected chi connectivity index (χ3v) is 6.00. The molecule has 0 heterocycles. The smallest absolute Gasteiger partial charge is 0.241 e. The zero-order valence-electron chi connectivity index (χ0n) is 15.6. The summed E-state index contributed by atoms with van der Waals surface area (Å²) in [6.45, 7) is 2.02. The van der Waals surface area contributed by atoms with Crippen LogP contribution >= 0.6 is 0 Å². The first-order valence-electron chi connectivity index (χ1n) is 9.04. The summed E-state index contributed by atoms with van der Waals surface area (Å²) in [6.07, 6.45) is 0.414. The van der Waals surface area contributed by atoms with Gasteiger partial charge < -0.3 is 11.1 Å². The predicted molar refractivity (Wildman–Crippen MR) is 112 cm³/mol. The summed E-state index contributed by atoms with van der Waals surface area (Å²) in [5.74, 6) is -0.323. The number of hydrogen-bond acceptors (Lipinski definition) is 4. The lowest BCUT2D eigenvalue weighted by molar-refractivity contribution is -0.117. The van der Waals surface area contributed by atoms with E-state index in [-0.39, 0.29) is 10.8 Å². The van der Waals surface area contributed by atoms with Crippen LogP contribution < -0.4 is 15.8 Å². The average Bonchev–Trinajstić information content (AvgIpc) is 2.68. The van der Waals surface area contributed by atoms with Crippen LogP contribution in [0.25, 0.3) is 10.8 Å². The molecule has 0 bridgehead atoms. The first-order valence-corrected chi connectivity index (χ1v) is 10.5. The van der Waals surface area contributed by atoms with E-state index >= 15 is 0 Å². The van der Waals surface area contributed by atoms with E-state index in [9.17, 15) is 13.2 Å². The number of benzene rings is 3. The van der Waals surface area contributed by atoms with Crippen molar-refractivity contribution in [2.24, 2.45) is 5.73 Å². The van der Waals surface area contributed by atoms with Crippen molar-refractivity contribution < 1.29 is 13.2 Å². The summed E-state index contributed by atoms with van der Waals surface area (Å²) in [6, 6.07) is 19.0. The lowest BCUT2D eigenvalue weighted by atomic mass is 10.1. The van der Waals surface area contributed by atoms with Crippen LogP contribution in [0.3, 0.4) is 0 Å². The monoisotopic (exact) mass is 397 g/mol. The Bertz CT molecular complexity index is 1080. The maximum atomic E-state index is 12.6. The number of anilines is 1. The molecular formula is C21H23N3O3S. The molecule has 0 fully saturated rings. The van der Waals surface area contributed by atoms with Crippen molar-refractivity contribution in [2.75, 3.05) is 11.9 Å². The second-order valence-corrected chi connectivity index (χ2v) is 8.18. The summed E-state index contributed by atoms with van der Waals surface area (Å²) in [7, 11) is -3.63. The van der Waals surface area contributed by atoms with Crippen molar-refractivity contribution in [2.45, 2.75) is 24.3 Å². The highest BCUT2D eigenvalue weighted by molar-refractivity contribution is 7.89. The quantitative estimate of drug-likeness (QED) is 0.570. The fraction of sp³-hybridized carbons (Fsp3) is 0.190. The van der Waals surface area contributed by atoms with Crippen LogP contribution in [0.1, 0.15) is 12.5 Å². The van der Waals surface area contributed by atoms with Crippen LogP contribution in [-0.2, 0) is 21.2 Å². The minimum Gasteiger partial charge on any atom is -0.324 e. The number of nitrogens with two attached hydrogens (primary N) is 1. The van der Waals surface area contributed by atoms with Crippen molar-refractivity contribution in [1.82, 2.24) is 4.72 Å². The third-order valence-electron chi connectivity index (χ3n) is 4.40. The molecule has 1 amide bonds. The number of sulfonamides is 1. The van der Waals surface area contributed by atoms with Crippen molar-refractivity contribution in [3.63, 3.8) is 0 Å². The Kier molecular flexibility index (Phi) is 6.08. The Hall–Kier alpha value is -2.74. The molecule has 0 aromatic heterocycles. The van der Waals surface area contributed by atoms with Gasteiger partial charge in [0, 0.05) is 23.0 Å². The second kappa shape index (κ2) is 8.52. The topological polar surface area (TPSA) is 101 Å². The molecule has 0 saturated carbocycles. The number of nitrogens with one attached hydrogen (secondary N) is 2. The van der Waals surface area contributed by atoms with Crippen LogP contribution in [0, 0.1) is 0 Å². The fourth-order valence-corrected chi connectivity index (χ4v) is 4.34. The van der Waals surface area contributed by atoms with Gasteiger partial charge in [-0.15, -0.1) is 0 Å². The standard InChI is InChI=1S/C21H23N3O3S/c1-2-23-28(26,27)20-13-7-10-16-17(20)11-6-12-19(16)24-21(25)18(22)14-15-8-4-3-5-9-15/h3-13,18,23H,2,14,22H2,1H3,(H,24,25).